The maximum Gasteiger partial charge on any atom is 0.119 e. The fourth-order valence-electron chi connectivity index (χ4n) is 3.56. The Labute approximate surface area is 139 Å². The Hall–Kier alpha value is -1.96. The highest BCUT2D eigenvalue weighted by molar-refractivity contribution is 5.50. The lowest BCUT2D eigenvalue weighted by molar-refractivity contribution is 0.463. The molecule has 0 spiro atoms. The molecule has 0 bridgehead atoms. The standard InChI is InChI=1S/C21H28O2/c1-12(2)20-14(5)16(7-9-18(20)22)11-17-8-10-19(23)21(13(3)4)15(17)6/h7-10,12-13,22-23H,11H2,1-6H3. The average molecular weight is 312 g/mol. The summed E-state index contributed by atoms with van der Waals surface area (Å²) in [5, 5.41) is 20.3. The van der Waals surface area contributed by atoms with E-state index in [1.54, 1.807) is 12.1 Å². The molecule has 0 atom stereocenters. The van der Waals surface area contributed by atoms with Gasteiger partial charge >= 0.3 is 0 Å². The van der Waals surface area contributed by atoms with Crippen molar-refractivity contribution < 1.29 is 10.2 Å². The predicted octanol–water partition coefficient (Wildman–Crippen LogP) is 5.55. The van der Waals surface area contributed by atoms with Crippen molar-refractivity contribution in [2.45, 2.75) is 59.8 Å². The van der Waals surface area contributed by atoms with Crippen LogP contribution in [0.15, 0.2) is 24.3 Å². The van der Waals surface area contributed by atoms with Crippen molar-refractivity contribution in [1.29, 1.82) is 0 Å². The van der Waals surface area contributed by atoms with E-state index in [0.717, 1.165) is 17.5 Å². The minimum absolute atomic E-state index is 0.294. The number of benzene rings is 2. The summed E-state index contributed by atoms with van der Waals surface area (Å²) in [6, 6.07) is 7.63. The van der Waals surface area contributed by atoms with Crippen LogP contribution in [-0.2, 0) is 6.42 Å². The Bertz CT molecular complexity index is 651. The molecule has 0 aliphatic carbocycles. The van der Waals surface area contributed by atoms with Gasteiger partial charge < -0.3 is 10.2 Å². The molecule has 0 aromatic heterocycles. The van der Waals surface area contributed by atoms with Gasteiger partial charge in [-0.25, -0.2) is 0 Å². The van der Waals surface area contributed by atoms with Crippen molar-refractivity contribution in [2.24, 2.45) is 0 Å². The van der Waals surface area contributed by atoms with Gasteiger partial charge in [0.05, 0.1) is 0 Å². The van der Waals surface area contributed by atoms with Gasteiger partial charge in [0, 0.05) is 0 Å². The van der Waals surface area contributed by atoms with Gasteiger partial charge in [-0.2, -0.15) is 0 Å². The molecule has 0 saturated heterocycles. The van der Waals surface area contributed by atoms with Crippen LogP contribution in [0.1, 0.15) is 72.9 Å². The normalized spacial score (nSPS) is 11.5. The zero-order valence-electron chi connectivity index (χ0n) is 15.1. The SMILES string of the molecule is Cc1c(Cc2ccc(O)c(C(C)C)c2C)ccc(O)c1C(C)C. The number of rotatable bonds is 4. The van der Waals surface area contributed by atoms with Gasteiger partial charge in [-0.05, 0) is 77.6 Å². The van der Waals surface area contributed by atoms with Crippen molar-refractivity contribution in [3.8, 4) is 11.5 Å². The second-order valence-corrected chi connectivity index (χ2v) is 7.05. The predicted molar refractivity (Wildman–Crippen MR) is 96.7 cm³/mol. The molecule has 0 aliphatic heterocycles. The minimum Gasteiger partial charge on any atom is -0.508 e. The van der Waals surface area contributed by atoms with Crippen molar-refractivity contribution in [2.75, 3.05) is 0 Å². The molecule has 0 radical (unpaired) electrons. The first-order valence-corrected chi connectivity index (χ1v) is 8.36. The second kappa shape index (κ2) is 6.66. The van der Waals surface area contributed by atoms with E-state index in [4.69, 9.17) is 0 Å². The molecule has 2 heteroatoms. The molecular weight excluding hydrogens is 284 g/mol. The highest BCUT2D eigenvalue weighted by atomic mass is 16.3. The van der Waals surface area contributed by atoms with Crippen LogP contribution in [-0.4, -0.2) is 10.2 Å². The van der Waals surface area contributed by atoms with Gasteiger partial charge in [-0.1, -0.05) is 39.8 Å². The number of aromatic hydroxyl groups is 2. The van der Waals surface area contributed by atoms with E-state index in [2.05, 4.69) is 41.5 Å². The summed E-state index contributed by atoms with van der Waals surface area (Å²) in [6.07, 6.45) is 0.817. The van der Waals surface area contributed by atoms with Gasteiger partial charge in [0.2, 0.25) is 0 Å². The van der Waals surface area contributed by atoms with Crippen molar-refractivity contribution >= 4 is 0 Å². The smallest absolute Gasteiger partial charge is 0.119 e. The summed E-state index contributed by atoms with van der Waals surface area (Å²) in [6.45, 7) is 12.6. The Morgan fingerprint density at radius 1 is 0.696 bits per heavy atom. The quantitative estimate of drug-likeness (QED) is 0.776. The molecule has 0 unspecified atom stereocenters. The summed E-state index contributed by atoms with van der Waals surface area (Å²) in [5.41, 5.74) is 6.85. The first-order chi connectivity index (χ1) is 10.7. The molecule has 2 aromatic carbocycles. The number of phenolic OH excluding ortho intramolecular Hbond substituents is 2. The van der Waals surface area contributed by atoms with Crippen molar-refractivity contribution in [3.63, 3.8) is 0 Å². The second-order valence-electron chi connectivity index (χ2n) is 7.05. The van der Waals surface area contributed by atoms with Crippen LogP contribution in [0.2, 0.25) is 0 Å². The Balaban J connectivity index is 2.49. The van der Waals surface area contributed by atoms with E-state index in [0.29, 0.717) is 23.3 Å². The van der Waals surface area contributed by atoms with E-state index in [1.165, 1.54) is 22.3 Å². The van der Waals surface area contributed by atoms with Crippen LogP contribution in [0, 0.1) is 13.8 Å². The maximum atomic E-state index is 10.1. The fraction of sp³-hybridized carbons (Fsp3) is 0.429. The van der Waals surface area contributed by atoms with E-state index in [-0.39, 0.29) is 0 Å². The first-order valence-electron chi connectivity index (χ1n) is 8.36. The lowest BCUT2D eigenvalue weighted by atomic mass is 9.87. The Morgan fingerprint density at radius 3 is 1.35 bits per heavy atom. The fourth-order valence-corrected chi connectivity index (χ4v) is 3.56. The van der Waals surface area contributed by atoms with Gasteiger partial charge in [0.15, 0.2) is 0 Å². The lowest BCUT2D eigenvalue weighted by Crippen LogP contribution is -2.03. The Kier molecular flexibility index (Phi) is 5.03. The Morgan fingerprint density at radius 2 is 1.04 bits per heavy atom. The van der Waals surface area contributed by atoms with Crippen molar-refractivity contribution in [1.82, 2.24) is 0 Å². The van der Waals surface area contributed by atoms with Crippen LogP contribution in [0.25, 0.3) is 0 Å². The summed E-state index contributed by atoms with van der Waals surface area (Å²) >= 11 is 0. The summed E-state index contributed by atoms with van der Waals surface area (Å²) in [5.74, 6) is 1.35. The van der Waals surface area contributed by atoms with Gasteiger partial charge in [-0.15, -0.1) is 0 Å². The molecule has 0 aliphatic rings. The summed E-state index contributed by atoms with van der Waals surface area (Å²) in [7, 11) is 0. The molecular formula is C21H28O2. The third-order valence-corrected chi connectivity index (χ3v) is 4.74. The van der Waals surface area contributed by atoms with Crippen LogP contribution in [0.3, 0.4) is 0 Å². The molecule has 0 amide bonds. The molecule has 0 saturated carbocycles. The largest absolute Gasteiger partial charge is 0.508 e. The van der Waals surface area contributed by atoms with Crippen LogP contribution >= 0.6 is 0 Å². The highest BCUT2D eigenvalue weighted by Crippen LogP contribution is 2.34. The van der Waals surface area contributed by atoms with E-state index < -0.39 is 0 Å². The third kappa shape index (κ3) is 3.36. The maximum absolute atomic E-state index is 10.1. The van der Waals surface area contributed by atoms with Crippen LogP contribution in [0.5, 0.6) is 11.5 Å². The number of phenols is 2. The molecule has 2 rings (SSSR count). The molecule has 2 N–H and O–H groups in total. The van der Waals surface area contributed by atoms with Gasteiger partial charge in [0.1, 0.15) is 11.5 Å². The summed E-state index contributed by atoms with van der Waals surface area (Å²) in [4.78, 5) is 0. The molecule has 0 heterocycles. The number of hydrogen-bond donors (Lipinski definition) is 2. The van der Waals surface area contributed by atoms with Gasteiger partial charge in [-0.3, -0.25) is 0 Å². The third-order valence-electron chi connectivity index (χ3n) is 4.74. The zero-order chi connectivity index (χ0) is 17.3. The van der Waals surface area contributed by atoms with E-state index in [9.17, 15) is 10.2 Å². The molecule has 2 aromatic rings. The first kappa shape index (κ1) is 17.4. The topological polar surface area (TPSA) is 40.5 Å². The zero-order valence-corrected chi connectivity index (χ0v) is 15.1. The monoisotopic (exact) mass is 312 g/mol. The lowest BCUT2D eigenvalue weighted by Gasteiger charge is -2.19. The number of hydrogen-bond acceptors (Lipinski definition) is 2. The van der Waals surface area contributed by atoms with Crippen molar-refractivity contribution in [3.05, 3.63) is 57.6 Å². The minimum atomic E-state index is 0.294. The molecule has 124 valence electrons. The molecule has 2 nitrogen and oxygen atoms in total. The molecule has 0 fully saturated rings. The van der Waals surface area contributed by atoms with E-state index in [1.807, 2.05) is 12.1 Å². The van der Waals surface area contributed by atoms with Crippen LogP contribution < -0.4 is 0 Å². The van der Waals surface area contributed by atoms with Gasteiger partial charge in [0.25, 0.3) is 0 Å². The molecule has 23 heavy (non-hydrogen) atoms. The van der Waals surface area contributed by atoms with Crippen LogP contribution in [0.4, 0.5) is 0 Å². The average Bonchev–Trinajstić information content (AvgIpc) is 2.44. The van der Waals surface area contributed by atoms with E-state index >= 15 is 0 Å². The highest BCUT2D eigenvalue weighted by Gasteiger charge is 2.16. The summed E-state index contributed by atoms with van der Waals surface area (Å²) < 4.78 is 0.